The van der Waals surface area contributed by atoms with Crippen LogP contribution in [0.5, 0.6) is 0 Å². The summed E-state index contributed by atoms with van der Waals surface area (Å²) in [5.41, 5.74) is 1.000. The molecule has 4 nitrogen and oxygen atoms in total. The number of hydrogen-bond donors (Lipinski definition) is 1. The number of carbonyl (C=O) groups is 1. The van der Waals surface area contributed by atoms with Crippen molar-refractivity contribution in [1.29, 1.82) is 0 Å². The number of halogens is 3. The van der Waals surface area contributed by atoms with Crippen molar-refractivity contribution in [3.63, 3.8) is 0 Å². The number of thiazole rings is 1. The van der Waals surface area contributed by atoms with E-state index in [2.05, 4.69) is 15.3 Å². The van der Waals surface area contributed by atoms with E-state index in [1.807, 2.05) is 11.4 Å². The van der Waals surface area contributed by atoms with Gasteiger partial charge in [-0.2, -0.15) is 0 Å². The number of rotatable bonds is 3. The van der Waals surface area contributed by atoms with Gasteiger partial charge in [0.1, 0.15) is 10.3 Å². The Morgan fingerprint density at radius 3 is 2.59 bits per heavy atom. The van der Waals surface area contributed by atoms with Crippen molar-refractivity contribution >= 4 is 68.5 Å². The fraction of sp³-hybridized carbons (Fsp3) is 0. The molecule has 3 aromatic rings. The van der Waals surface area contributed by atoms with Gasteiger partial charge in [-0.25, -0.2) is 9.97 Å². The smallest absolute Gasteiger partial charge is 0.260 e. The first-order valence-corrected chi connectivity index (χ1v) is 8.70. The standard InChI is InChI=1S/C13H6Cl3N3OS2/c14-9-3-1-6(11(16)18-9)12(20)19-13-17-7(5-21-13)8-2-4-10(15)22-8/h1-5H,(H,17,19,20). The molecule has 1 N–H and O–H groups in total. The van der Waals surface area contributed by atoms with Crippen LogP contribution in [0.1, 0.15) is 10.4 Å². The lowest BCUT2D eigenvalue weighted by atomic mass is 10.3. The van der Waals surface area contributed by atoms with E-state index < -0.39 is 0 Å². The van der Waals surface area contributed by atoms with Crippen LogP contribution in [0.2, 0.25) is 14.6 Å². The van der Waals surface area contributed by atoms with Gasteiger partial charge in [0, 0.05) is 5.38 Å². The van der Waals surface area contributed by atoms with Gasteiger partial charge >= 0.3 is 0 Å². The Bertz CT molecular complexity index is 847. The molecule has 22 heavy (non-hydrogen) atoms. The zero-order valence-electron chi connectivity index (χ0n) is 10.6. The SMILES string of the molecule is O=C(Nc1nc(-c2ccc(Cl)s2)cs1)c1ccc(Cl)nc1Cl. The average molecular weight is 391 g/mol. The van der Waals surface area contributed by atoms with Gasteiger partial charge in [-0.3, -0.25) is 10.1 Å². The molecule has 3 aromatic heterocycles. The van der Waals surface area contributed by atoms with Crippen LogP contribution >= 0.6 is 57.5 Å². The van der Waals surface area contributed by atoms with Crippen molar-refractivity contribution in [2.24, 2.45) is 0 Å². The lowest BCUT2D eigenvalue weighted by Crippen LogP contribution is -2.12. The van der Waals surface area contributed by atoms with E-state index in [0.717, 1.165) is 10.6 Å². The summed E-state index contributed by atoms with van der Waals surface area (Å²) in [6.07, 6.45) is 0. The Labute approximate surface area is 148 Å². The number of anilines is 1. The first kappa shape index (κ1) is 15.7. The van der Waals surface area contributed by atoms with Crippen molar-refractivity contribution in [3.8, 4) is 10.6 Å². The first-order chi connectivity index (χ1) is 10.5. The summed E-state index contributed by atoms with van der Waals surface area (Å²) >= 11 is 20.3. The molecule has 3 rings (SSSR count). The molecule has 0 unspecified atom stereocenters. The molecule has 0 spiro atoms. The topological polar surface area (TPSA) is 54.9 Å². The third-order valence-electron chi connectivity index (χ3n) is 2.61. The second kappa shape index (κ2) is 6.52. The van der Waals surface area contributed by atoms with Crippen LogP contribution in [0.3, 0.4) is 0 Å². The molecule has 0 saturated carbocycles. The maximum atomic E-state index is 12.2. The van der Waals surface area contributed by atoms with E-state index in [4.69, 9.17) is 34.8 Å². The average Bonchev–Trinajstić information content (AvgIpc) is 3.07. The van der Waals surface area contributed by atoms with Crippen molar-refractivity contribution in [1.82, 2.24) is 9.97 Å². The van der Waals surface area contributed by atoms with Crippen LogP contribution in [0.15, 0.2) is 29.6 Å². The number of nitrogens with zero attached hydrogens (tertiary/aromatic N) is 2. The minimum Gasteiger partial charge on any atom is -0.298 e. The highest BCUT2D eigenvalue weighted by Gasteiger charge is 2.14. The van der Waals surface area contributed by atoms with Crippen molar-refractivity contribution in [2.75, 3.05) is 5.32 Å². The molecular weight excluding hydrogens is 385 g/mol. The number of thiophene rings is 1. The van der Waals surface area contributed by atoms with Gasteiger partial charge < -0.3 is 0 Å². The lowest BCUT2D eigenvalue weighted by Gasteiger charge is -2.03. The van der Waals surface area contributed by atoms with Crippen molar-refractivity contribution in [3.05, 3.63) is 49.9 Å². The van der Waals surface area contributed by atoms with E-state index >= 15 is 0 Å². The molecule has 0 aliphatic heterocycles. The molecule has 0 atom stereocenters. The van der Waals surface area contributed by atoms with Crippen molar-refractivity contribution in [2.45, 2.75) is 0 Å². The zero-order chi connectivity index (χ0) is 15.7. The number of amides is 1. The lowest BCUT2D eigenvalue weighted by molar-refractivity contribution is 0.102. The highest BCUT2D eigenvalue weighted by Crippen LogP contribution is 2.33. The molecule has 0 fully saturated rings. The summed E-state index contributed by atoms with van der Waals surface area (Å²) in [6, 6.07) is 6.70. The Hall–Kier alpha value is -1.18. The minimum absolute atomic E-state index is 0.0480. The fourth-order valence-electron chi connectivity index (χ4n) is 1.64. The Kier molecular flexibility index (Phi) is 4.65. The maximum absolute atomic E-state index is 12.2. The summed E-state index contributed by atoms with van der Waals surface area (Å²) < 4.78 is 0.688. The minimum atomic E-state index is -0.390. The van der Waals surface area contributed by atoms with Gasteiger partial charge in [0.05, 0.1) is 20.5 Å². The fourth-order valence-corrected chi connectivity index (χ4v) is 3.86. The normalized spacial score (nSPS) is 10.7. The van der Waals surface area contributed by atoms with E-state index in [9.17, 15) is 4.79 Å². The molecule has 0 aromatic carbocycles. The monoisotopic (exact) mass is 389 g/mol. The van der Waals surface area contributed by atoms with Gasteiger partial charge in [0.25, 0.3) is 5.91 Å². The van der Waals surface area contributed by atoms with Gasteiger partial charge in [0.15, 0.2) is 5.13 Å². The summed E-state index contributed by atoms with van der Waals surface area (Å²) in [7, 11) is 0. The number of pyridine rings is 1. The predicted octanol–water partition coefficient (Wildman–Crippen LogP) is 5.48. The van der Waals surface area contributed by atoms with Crippen LogP contribution < -0.4 is 5.32 Å². The Morgan fingerprint density at radius 2 is 1.91 bits per heavy atom. The summed E-state index contributed by atoms with van der Waals surface area (Å²) in [5.74, 6) is -0.390. The van der Waals surface area contributed by atoms with Crippen LogP contribution in [-0.2, 0) is 0 Å². The maximum Gasteiger partial charge on any atom is 0.260 e. The molecule has 0 aliphatic rings. The molecule has 1 amide bonds. The second-order valence-electron chi connectivity index (χ2n) is 4.07. The largest absolute Gasteiger partial charge is 0.298 e. The van der Waals surface area contributed by atoms with Gasteiger partial charge in [-0.05, 0) is 24.3 Å². The second-order valence-corrected chi connectivity index (χ2v) is 7.39. The van der Waals surface area contributed by atoms with Gasteiger partial charge in [-0.15, -0.1) is 22.7 Å². The van der Waals surface area contributed by atoms with E-state index in [-0.39, 0.29) is 21.8 Å². The third kappa shape index (κ3) is 3.42. The van der Waals surface area contributed by atoms with Gasteiger partial charge in [-0.1, -0.05) is 34.8 Å². The van der Waals surface area contributed by atoms with Crippen LogP contribution in [0, 0.1) is 0 Å². The Morgan fingerprint density at radius 1 is 1.09 bits per heavy atom. The molecule has 0 radical (unpaired) electrons. The quantitative estimate of drug-likeness (QED) is 0.602. The molecule has 9 heteroatoms. The summed E-state index contributed by atoms with van der Waals surface area (Å²) in [5, 5.41) is 5.28. The number of hydrogen-bond acceptors (Lipinski definition) is 5. The number of aromatic nitrogens is 2. The van der Waals surface area contributed by atoms with E-state index in [0.29, 0.717) is 9.47 Å². The van der Waals surface area contributed by atoms with Crippen LogP contribution in [-0.4, -0.2) is 15.9 Å². The molecular formula is C13H6Cl3N3OS2. The molecule has 0 aliphatic carbocycles. The molecule has 0 saturated heterocycles. The van der Waals surface area contributed by atoms with Gasteiger partial charge in [0.2, 0.25) is 0 Å². The highest BCUT2D eigenvalue weighted by atomic mass is 35.5. The summed E-state index contributed by atoms with van der Waals surface area (Å²) in [4.78, 5) is 21.3. The number of nitrogens with one attached hydrogen (secondary N) is 1. The molecule has 0 bridgehead atoms. The van der Waals surface area contributed by atoms with E-state index in [1.54, 1.807) is 6.07 Å². The first-order valence-electron chi connectivity index (χ1n) is 5.87. The molecule has 112 valence electrons. The third-order valence-corrected chi connectivity index (χ3v) is 5.12. The van der Waals surface area contributed by atoms with Crippen LogP contribution in [0.4, 0.5) is 5.13 Å². The molecule has 3 heterocycles. The van der Waals surface area contributed by atoms with Crippen molar-refractivity contribution < 1.29 is 4.79 Å². The number of carbonyl (C=O) groups excluding carboxylic acids is 1. The van der Waals surface area contributed by atoms with E-state index in [1.165, 1.54) is 34.8 Å². The highest BCUT2D eigenvalue weighted by molar-refractivity contribution is 7.20. The predicted molar refractivity (Wildman–Crippen MR) is 92.6 cm³/mol. The summed E-state index contributed by atoms with van der Waals surface area (Å²) in [6.45, 7) is 0. The zero-order valence-corrected chi connectivity index (χ0v) is 14.5. The van der Waals surface area contributed by atoms with Crippen LogP contribution in [0.25, 0.3) is 10.6 Å². The Balaban J connectivity index is 1.79.